The highest BCUT2D eigenvalue weighted by molar-refractivity contribution is 7.89. The van der Waals surface area contributed by atoms with E-state index in [1.54, 1.807) is 0 Å². The lowest BCUT2D eigenvalue weighted by Gasteiger charge is -2.11. The van der Waals surface area contributed by atoms with Crippen LogP contribution in [0.3, 0.4) is 0 Å². The highest BCUT2D eigenvalue weighted by Crippen LogP contribution is 2.12. The summed E-state index contributed by atoms with van der Waals surface area (Å²) in [6.07, 6.45) is 0. The number of nitriles is 1. The van der Waals surface area contributed by atoms with Crippen LogP contribution >= 0.6 is 0 Å². The highest BCUT2D eigenvalue weighted by atomic mass is 32.2. The fourth-order valence-electron chi connectivity index (χ4n) is 1.66. The van der Waals surface area contributed by atoms with Crippen LogP contribution in [0, 0.1) is 18.3 Å². The molecule has 0 bridgehead atoms. The second-order valence-electron chi connectivity index (χ2n) is 4.59. The molecular weight excluding hydrogens is 264 g/mol. The van der Waals surface area contributed by atoms with Gasteiger partial charge in [0.15, 0.2) is 0 Å². The molecule has 106 valence electrons. The number of nitrogens with zero attached hydrogens (tertiary/aromatic N) is 3. The van der Waals surface area contributed by atoms with Gasteiger partial charge in [-0.15, -0.1) is 0 Å². The molecule has 1 aromatic heterocycles. The van der Waals surface area contributed by atoms with Crippen molar-refractivity contribution in [3.63, 3.8) is 0 Å². The van der Waals surface area contributed by atoms with Crippen molar-refractivity contribution in [3.05, 3.63) is 23.0 Å². The Hall–Kier alpha value is -1.36. The molecule has 0 saturated heterocycles. The molecule has 19 heavy (non-hydrogen) atoms. The first-order valence-corrected chi connectivity index (χ1v) is 7.56. The van der Waals surface area contributed by atoms with Crippen molar-refractivity contribution in [3.8, 4) is 6.07 Å². The molecule has 0 amide bonds. The summed E-state index contributed by atoms with van der Waals surface area (Å²) in [7, 11) is 1.73. The van der Waals surface area contributed by atoms with Crippen molar-refractivity contribution in [2.75, 3.05) is 26.4 Å². The third-order valence-corrected chi connectivity index (χ3v) is 5.00. The number of aromatic nitrogens is 1. The predicted octanol–water partition coefficient (Wildman–Crippen LogP) is 0.186. The van der Waals surface area contributed by atoms with E-state index in [0.29, 0.717) is 18.8 Å². The summed E-state index contributed by atoms with van der Waals surface area (Å²) in [5, 5.41) is 12.0. The van der Waals surface area contributed by atoms with Gasteiger partial charge in [0, 0.05) is 39.9 Å². The molecule has 0 fully saturated rings. The summed E-state index contributed by atoms with van der Waals surface area (Å²) in [6.45, 7) is 2.88. The van der Waals surface area contributed by atoms with Crippen LogP contribution < -0.4 is 5.32 Å². The molecule has 1 aromatic rings. The topological polar surface area (TPSA) is 78.1 Å². The molecule has 0 spiro atoms. The maximum absolute atomic E-state index is 11.6. The predicted molar refractivity (Wildman–Crippen MR) is 74.0 cm³/mol. The zero-order valence-corrected chi connectivity index (χ0v) is 12.6. The number of nitrogens with one attached hydrogen (secondary N) is 1. The largest absolute Gasteiger partial charge is 0.340 e. The van der Waals surface area contributed by atoms with E-state index in [0.717, 1.165) is 11.3 Å². The van der Waals surface area contributed by atoms with Crippen LogP contribution in [0.25, 0.3) is 0 Å². The Morgan fingerprint density at radius 1 is 1.47 bits per heavy atom. The van der Waals surface area contributed by atoms with Gasteiger partial charge in [0.1, 0.15) is 11.8 Å². The number of hydrogen-bond donors (Lipinski definition) is 1. The van der Waals surface area contributed by atoms with Crippen LogP contribution in [0.2, 0.25) is 0 Å². The Labute approximate surface area is 114 Å². The van der Waals surface area contributed by atoms with Gasteiger partial charge < -0.3 is 9.88 Å². The first-order chi connectivity index (χ1) is 8.79. The minimum absolute atomic E-state index is 0.0665. The lowest BCUT2D eigenvalue weighted by atomic mass is 10.2. The third kappa shape index (κ3) is 3.80. The molecule has 0 aliphatic heterocycles. The van der Waals surface area contributed by atoms with E-state index < -0.39 is 10.0 Å². The molecule has 1 rings (SSSR count). The molecule has 0 atom stereocenters. The Bertz CT molecular complexity index is 582. The highest BCUT2D eigenvalue weighted by Gasteiger charge is 2.13. The van der Waals surface area contributed by atoms with Crippen LogP contribution in [-0.2, 0) is 23.6 Å². The summed E-state index contributed by atoms with van der Waals surface area (Å²) in [5.41, 5.74) is 2.64. The van der Waals surface area contributed by atoms with Gasteiger partial charge >= 0.3 is 0 Å². The van der Waals surface area contributed by atoms with Crippen LogP contribution in [-0.4, -0.2) is 43.7 Å². The van der Waals surface area contributed by atoms with Gasteiger partial charge in [0.05, 0.1) is 5.75 Å². The maximum Gasteiger partial charge on any atom is 0.214 e. The second kappa shape index (κ2) is 6.19. The van der Waals surface area contributed by atoms with Gasteiger partial charge in [0.25, 0.3) is 0 Å². The van der Waals surface area contributed by atoms with E-state index in [1.165, 1.54) is 18.4 Å². The molecule has 1 N–H and O–H groups in total. The van der Waals surface area contributed by atoms with Crippen LogP contribution in [0.4, 0.5) is 0 Å². The zero-order chi connectivity index (χ0) is 14.6. The molecule has 1 heterocycles. The Kier molecular flexibility index (Phi) is 5.11. The lowest BCUT2D eigenvalue weighted by molar-refractivity contribution is 0.517. The van der Waals surface area contributed by atoms with Gasteiger partial charge in [-0.2, -0.15) is 5.26 Å². The Morgan fingerprint density at radius 2 is 2.11 bits per heavy atom. The van der Waals surface area contributed by atoms with Crippen LogP contribution in [0.5, 0.6) is 0 Å². The average molecular weight is 284 g/mol. The Morgan fingerprint density at radius 3 is 2.58 bits per heavy atom. The first-order valence-electron chi connectivity index (χ1n) is 5.96. The van der Waals surface area contributed by atoms with Gasteiger partial charge in [0.2, 0.25) is 10.0 Å². The number of sulfonamides is 1. The average Bonchev–Trinajstić information content (AvgIpc) is 2.62. The molecule has 0 aromatic carbocycles. The fourth-order valence-corrected chi connectivity index (χ4v) is 2.42. The van der Waals surface area contributed by atoms with Crippen molar-refractivity contribution in [1.82, 2.24) is 14.2 Å². The van der Waals surface area contributed by atoms with E-state index in [-0.39, 0.29) is 5.75 Å². The van der Waals surface area contributed by atoms with Crippen molar-refractivity contribution in [2.24, 2.45) is 7.05 Å². The summed E-state index contributed by atoms with van der Waals surface area (Å²) in [6, 6.07) is 3.94. The van der Waals surface area contributed by atoms with Gasteiger partial charge in [-0.05, 0) is 18.6 Å². The van der Waals surface area contributed by atoms with E-state index in [9.17, 15) is 8.42 Å². The van der Waals surface area contributed by atoms with Crippen molar-refractivity contribution >= 4 is 10.0 Å². The SMILES string of the molecule is Cc1c(CNCCS(=O)(=O)N(C)C)cc(C#N)n1C. The van der Waals surface area contributed by atoms with Crippen LogP contribution in [0.15, 0.2) is 6.07 Å². The normalized spacial score (nSPS) is 11.8. The minimum Gasteiger partial charge on any atom is -0.340 e. The maximum atomic E-state index is 11.6. The molecule has 0 aliphatic rings. The third-order valence-electron chi connectivity index (χ3n) is 3.16. The van der Waals surface area contributed by atoms with E-state index in [4.69, 9.17) is 5.26 Å². The second-order valence-corrected chi connectivity index (χ2v) is 6.89. The molecule has 0 saturated carbocycles. The Balaban J connectivity index is 2.54. The van der Waals surface area contributed by atoms with E-state index in [2.05, 4.69) is 11.4 Å². The van der Waals surface area contributed by atoms with Crippen molar-refractivity contribution < 1.29 is 8.42 Å². The van der Waals surface area contributed by atoms with E-state index in [1.807, 2.05) is 24.6 Å². The smallest absolute Gasteiger partial charge is 0.214 e. The molecule has 6 nitrogen and oxygen atoms in total. The summed E-state index contributed by atoms with van der Waals surface area (Å²) in [4.78, 5) is 0. The molecule has 0 aliphatic carbocycles. The fraction of sp³-hybridized carbons (Fsp3) is 0.583. The van der Waals surface area contributed by atoms with E-state index >= 15 is 0 Å². The summed E-state index contributed by atoms with van der Waals surface area (Å²) < 4.78 is 26.1. The van der Waals surface area contributed by atoms with Crippen molar-refractivity contribution in [1.29, 1.82) is 5.26 Å². The monoisotopic (exact) mass is 284 g/mol. The van der Waals surface area contributed by atoms with Crippen molar-refractivity contribution in [2.45, 2.75) is 13.5 Å². The van der Waals surface area contributed by atoms with Gasteiger partial charge in [-0.25, -0.2) is 12.7 Å². The van der Waals surface area contributed by atoms with Gasteiger partial charge in [-0.3, -0.25) is 0 Å². The molecule has 0 unspecified atom stereocenters. The minimum atomic E-state index is -3.16. The summed E-state index contributed by atoms with van der Waals surface area (Å²) in [5.74, 6) is 0.0665. The van der Waals surface area contributed by atoms with Gasteiger partial charge in [-0.1, -0.05) is 0 Å². The van der Waals surface area contributed by atoms with Crippen LogP contribution in [0.1, 0.15) is 17.0 Å². The molecular formula is C12H20N4O2S. The summed E-state index contributed by atoms with van der Waals surface area (Å²) >= 11 is 0. The number of rotatable bonds is 6. The number of hydrogen-bond acceptors (Lipinski definition) is 4. The molecule has 7 heteroatoms. The standard InChI is InChI=1S/C12H20N4O2S/c1-10-11(7-12(8-13)16(10)4)9-14-5-6-19(17,18)15(2)3/h7,14H,5-6,9H2,1-4H3. The zero-order valence-electron chi connectivity index (χ0n) is 11.8. The molecule has 0 radical (unpaired) electrons. The first kappa shape index (κ1) is 15.7. The quantitative estimate of drug-likeness (QED) is 0.756. The lowest BCUT2D eigenvalue weighted by Crippen LogP contribution is -2.31.